The number of aromatic carboxylic acids is 1. The molecule has 0 radical (unpaired) electrons. The first-order chi connectivity index (χ1) is 13.4. The van der Waals surface area contributed by atoms with Crippen molar-refractivity contribution in [2.24, 2.45) is 0 Å². The average molecular weight is 415 g/mol. The van der Waals surface area contributed by atoms with E-state index in [4.69, 9.17) is 26.8 Å². The normalized spacial score (nSPS) is 15.2. The Morgan fingerprint density at radius 3 is 2.54 bits per heavy atom. The monoisotopic (exact) mass is 415 g/mol. The summed E-state index contributed by atoms with van der Waals surface area (Å²) in [4.78, 5) is 25.7. The topological polar surface area (TPSA) is 76.1 Å². The molecule has 1 amide bonds. The highest BCUT2D eigenvalue weighted by Crippen LogP contribution is 2.37. The lowest BCUT2D eigenvalue weighted by atomic mass is 10.1. The molecule has 0 spiro atoms. The van der Waals surface area contributed by atoms with Crippen molar-refractivity contribution >= 4 is 51.9 Å². The summed E-state index contributed by atoms with van der Waals surface area (Å²) in [5.41, 5.74) is 1.45. The van der Waals surface area contributed by atoms with Crippen molar-refractivity contribution < 1.29 is 24.2 Å². The van der Waals surface area contributed by atoms with Crippen LogP contribution in [-0.2, 0) is 4.79 Å². The number of nitrogens with zero attached hydrogens (tertiary/aromatic N) is 1. The second-order valence-corrected chi connectivity index (χ2v) is 7.39. The number of carbonyl (C=O) groups is 2. The second kappa shape index (κ2) is 8.45. The number of benzene rings is 2. The summed E-state index contributed by atoms with van der Waals surface area (Å²) in [6, 6.07) is 11.4. The van der Waals surface area contributed by atoms with Gasteiger partial charge in [0.1, 0.15) is 0 Å². The first-order valence-electron chi connectivity index (χ1n) is 8.36. The van der Waals surface area contributed by atoms with Gasteiger partial charge in [-0.25, -0.2) is 4.79 Å². The van der Waals surface area contributed by atoms with E-state index in [0.29, 0.717) is 33.0 Å². The van der Waals surface area contributed by atoms with Gasteiger partial charge in [0.15, 0.2) is 15.8 Å². The highest BCUT2D eigenvalue weighted by Gasteiger charge is 2.33. The van der Waals surface area contributed by atoms with Crippen LogP contribution >= 0.6 is 24.0 Å². The number of hydrogen-bond donors (Lipinski definition) is 1. The number of thioether (sulfide) groups is 1. The van der Waals surface area contributed by atoms with E-state index in [2.05, 4.69) is 0 Å². The molecule has 1 saturated heterocycles. The third-order valence-corrected chi connectivity index (χ3v) is 5.25. The SMILES string of the molecule is CCOc1ccc(C=C2SC(=S)N(c3ccc(C(=O)O)cc3)C2=O)cc1OC. The second-order valence-electron chi connectivity index (χ2n) is 5.71. The van der Waals surface area contributed by atoms with Gasteiger partial charge >= 0.3 is 5.97 Å². The largest absolute Gasteiger partial charge is 0.493 e. The van der Waals surface area contributed by atoms with E-state index in [1.54, 1.807) is 37.5 Å². The van der Waals surface area contributed by atoms with Crippen LogP contribution in [0.1, 0.15) is 22.8 Å². The number of carboxylic acids is 1. The van der Waals surface area contributed by atoms with Crippen molar-refractivity contribution in [2.45, 2.75) is 6.92 Å². The Morgan fingerprint density at radius 1 is 1.21 bits per heavy atom. The van der Waals surface area contributed by atoms with Gasteiger partial charge in [-0.3, -0.25) is 9.69 Å². The summed E-state index contributed by atoms with van der Waals surface area (Å²) >= 11 is 6.54. The molecule has 1 heterocycles. The van der Waals surface area contributed by atoms with Crippen LogP contribution in [0.15, 0.2) is 47.4 Å². The average Bonchev–Trinajstić information content (AvgIpc) is 2.96. The van der Waals surface area contributed by atoms with Crippen LogP contribution in [0.4, 0.5) is 5.69 Å². The van der Waals surface area contributed by atoms with Crippen molar-refractivity contribution in [3.63, 3.8) is 0 Å². The van der Waals surface area contributed by atoms with E-state index in [9.17, 15) is 9.59 Å². The Balaban J connectivity index is 1.87. The minimum absolute atomic E-state index is 0.145. The fraction of sp³-hybridized carbons (Fsp3) is 0.150. The van der Waals surface area contributed by atoms with Crippen molar-refractivity contribution in [1.29, 1.82) is 0 Å². The third-order valence-electron chi connectivity index (χ3n) is 3.95. The van der Waals surface area contributed by atoms with Crippen LogP contribution in [-0.4, -0.2) is 35.0 Å². The zero-order chi connectivity index (χ0) is 20.3. The lowest BCUT2D eigenvalue weighted by Crippen LogP contribution is -2.27. The molecule has 3 rings (SSSR count). The predicted octanol–water partition coefficient (Wildman–Crippen LogP) is 4.20. The number of thiocarbonyl (C=S) groups is 1. The van der Waals surface area contributed by atoms with E-state index < -0.39 is 5.97 Å². The zero-order valence-corrected chi connectivity index (χ0v) is 16.8. The van der Waals surface area contributed by atoms with E-state index in [-0.39, 0.29) is 11.5 Å². The maximum Gasteiger partial charge on any atom is 0.335 e. The molecule has 0 bridgehead atoms. The number of carboxylic acid groups (broad SMARTS) is 1. The van der Waals surface area contributed by atoms with Gasteiger partial charge in [-0.15, -0.1) is 0 Å². The van der Waals surface area contributed by atoms with E-state index in [0.717, 1.165) is 5.56 Å². The quantitative estimate of drug-likeness (QED) is 0.560. The number of amides is 1. The Labute approximate surface area is 171 Å². The van der Waals surface area contributed by atoms with Crippen LogP contribution in [0.2, 0.25) is 0 Å². The minimum Gasteiger partial charge on any atom is -0.493 e. The zero-order valence-electron chi connectivity index (χ0n) is 15.2. The van der Waals surface area contributed by atoms with Crippen LogP contribution < -0.4 is 14.4 Å². The lowest BCUT2D eigenvalue weighted by Gasteiger charge is -2.14. The molecule has 6 nitrogen and oxygen atoms in total. The number of ether oxygens (including phenoxy) is 2. The van der Waals surface area contributed by atoms with Crippen molar-refractivity contribution in [3.8, 4) is 11.5 Å². The molecule has 0 aromatic heterocycles. The van der Waals surface area contributed by atoms with Gasteiger partial charge in [-0.2, -0.15) is 0 Å². The Hall–Kier alpha value is -2.84. The van der Waals surface area contributed by atoms with Crippen molar-refractivity contribution in [3.05, 3.63) is 58.5 Å². The number of rotatable bonds is 6. The first-order valence-corrected chi connectivity index (χ1v) is 9.59. The fourth-order valence-electron chi connectivity index (χ4n) is 2.64. The van der Waals surface area contributed by atoms with E-state index in [1.165, 1.54) is 28.8 Å². The van der Waals surface area contributed by atoms with Gasteiger partial charge in [0.2, 0.25) is 0 Å². The summed E-state index contributed by atoms with van der Waals surface area (Å²) < 4.78 is 11.2. The Morgan fingerprint density at radius 2 is 1.93 bits per heavy atom. The highest BCUT2D eigenvalue weighted by atomic mass is 32.2. The fourth-order valence-corrected chi connectivity index (χ4v) is 3.94. The molecule has 8 heteroatoms. The maximum atomic E-state index is 12.8. The molecule has 0 unspecified atom stereocenters. The minimum atomic E-state index is -1.03. The number of methoxy groups -OCH3 is 1. The van der Waals surface area contributed by atoms with Gasteiger partial charge in [0, 0.05) is 0 Å². The molecule has 1 N–H and O–H groups in total. The molecule has 2 aromatic carbocycles. The molecule has 1 aliphatic heterocycles. The van der Waals surface area contributed by atoms with E-state index in [1.807, 2.05) is 13.0 Å². The molecule has 1 aliphatic rings. The van der Waals surface area contributed by atoms with E-state index >= 15 is 0 Å². The van der Waals surface area contributed by atoms with Crippen molar-refractivity contribution in [1.82, 2.24) is 0 Å². The Bertz CT molecular complexity index is 969. The highest BCUT2D eigenvalue weighted by molar-refractivity contribution is 8.27. The van der Waals surface area contributed by atoms with Gasteiger partial charge < -0.3 is 14.6 Å². The molecule has 1 fully saturated rings. The van der Waals surface area contributed by atoms with Gasteiger partial charge in [0.05, 0.1) is 29.9 Å². The first kappa shape index (κ1) is 19.9. The van der Waals surface area contributed by atoms with Crippen molar-refractivity contribution in [2.75, 3.05) is 18.6 Å². The summed E-state index contributed by atoms with van der Waals surface area (Å²) in [5, 5.41) is 9.01. The maximum absolute atomic E-state index is 12.8. The molecular weight excluding hydrogens is 398 g/mol. The standard InChI is InChI=1S/C20H17NO5S2/c1-3-26-15-9-4-12(10-16(15)25-2)11-17-18(22)21(20(27)28-17)14-7-5-13(6-8-14)19(23)24/h4-11H,3H2,1-2H3,(H,23,24). The molecular formula is C20H17NO5S2. The van der Waals surface area contributed by atoms with Crippen LogP contribution in [0, 0.1) is 0 Å². The summed E-state index contributed by atoms with van der Waals surface area (Å²) in [7, 11) is 1.56. The summed E-state index contributed by atoms with van der Waals surface area (Å²) in [6.07, 6.45) is 1.74. The summed E-state index contributed by atoms with van der Waals surface area (Å²) in [5.74, 6) is -0.0734. The van der Waals surface area contributed by atoms with Gasteiger partial charge in [-0.1, -0.05) is 30.0 Å². The number of carbonyl (C=O) groups excluding carboxylic acids is 1. The smallest absolute Gasteiger partial charge is 0.335 e. The van der Waals surface area contributed by atoms with Crippen LogP contribution in [0.25, 0.3) is 6.08 Å². The van der Waals surface area contributed by atoms with Crippen LogP contribution in [0.3, 0.4) is 0 Å². The molecule has 2 aromatic rings. The molecule has 144 valence electrons. The third kappa shape index (κ3) is 4.02. The molecule has 28 heavy (non-hydrogen) atoms. The molecule has 0 atom stereocenters. The number of hydrogen-bond acceptors (Lipinski definition) is 6. The van der Waals surface area contributed by atoms with Gasteiger partial charge in [0.25, 0.3) is 5.91 Å². The molecule has 0 aliphatic carbocycles. The number of anilines is 1. The summed E-state index contributed by atoms with van der Waals surface area (Å²) in [6.45, 7) is 2.41. The Kier molecular flexibility index (Phi) is 6.01. The van der Waals surface area contributed by atoms with Crippen LogP contribution in [0.5, 0.6) is 11.5 Å². The lowest BCUT2D eigenvalue weighted by molar-refractivity contribution is -0.113. The van der Waals surface area contributed by atoms with Gasteiger partial charge in [-0.05, 0) is 55.0 Å². The predicted molar refractivity (Wildman–Crippen MR) is 113 cm³/mol. The molecule has 0 saturated carbocycles.